The summed E-state index contributed by atoms with van der Waals surface area (Å²) in [5, 5.41) is 9.30. The van der Waals surface area contributed by atoms with Crippen LogP contribution in [-0.4, -0.2) is 43.9 Å². The summed E-state index contributed by atoms with van der Waals surface area (Å²) < 4.78 is 6.64. The molecule has 2 amide bonds. The van der Waals surface area contributed by atoms with E-state index in [4.69, 9.17) is 4.74 Å². The Morgan fingerprint density at radius 2 is 2.04 bits per heavy atom. The van der Waals surface area contributed by atoms with E-state index >= 15 is 0 Å². The minimum atomic E-state index is -0.558. The van der Waals surface area contributed by atoms with Gasteiger partial charge in [0.05, 0.1) is 0 Å². The molecule has 25 heavy (non-hydrogen) atoms. The van der Waals surface area contributed by atoms with E-state index in [9.17, 15) is 9.59 Å². The Morgan fingerprint density at radius 1 is 1.24 bits per heavy atom. The fourth-order valence-electron chi connectivity index (χ4n) is 1.86. The Hall–Kier alpha value is -2.97. The third kappa shape index (κ3) is 6.58. The molecule has 0 bridgehead atoms. The van der Waals surface area contributed by atoms with Crippen LogP contribution in [0.3, 0.4) is 0 Å². The molecule has 9 nitrogen and oxygen atoms in total. The smallest absolute Gasteiger partial charge is 0.407 e. The zero-order chi connectivity index (χ0) is 18.3. The van der Waals surface area contributed by atoms with E-state index in [1.165, 1.54) is 6.33 Å². The molecule has 0 aliphatic carbocycles. The molecule has 2 aromatic rings. The summed E-state index contributed by atoms with van der Waals surface area (Å²) in [5.41, 5.74) is 0.301. The zero-order valence-corrected chi connectivity index (χ0v) is 14.5. The van der Waals surface area contributed by atoms with Crippen molar-refractivity contribution in [2.75, 3.05) is 6.54 Å². The van der Waals surface area contributed by atoms with Gasteiger partial charge in [-0.3, -0.25) is 4.79 Å². The van der Waals surface area contributed by atoms with E-state index in [0.29, 0.717) is 12.4 Å². The van der Waals surface area contributed by atoms with Gasteiger partial charge < -0.3 is 15.4 Å². The normalized spacial score (nSPS) is 11.0. The highest BCUT2D eigenvalue weighted by Gasteiger charge is 2.15. The highest BCUT2D eigenvalue weighted by atomic mass is 16.6. The van der Waals surface area contributed by atoms with Crippen LogP contribution >= 0.6 is 0 Å². The number of carbonyl (C=O) groups is 2. The summed E-state index contributed by atoms with van der Waals surface area (Å²) in [6.45, 7) is 5.91. The lowest BCUT2D eigenvalue weighted by atomic mass is 10.2. The van der Waals surface area contributed by atoms with Crippen molar-refractivity contribution in [2.45, 2.75) is 39.3 Å². The minimum Gasteiger partial charge on any atom is -0.444 e. The van der Waals surface area contributed by atoms with Crippen LogP contribution in [0.5, 0.6) is 0 Å². The number of nitrogens with zero attached hydrogens (tertiary/aromatic N) is 4. The SMILES string of the molecule is CC(C)(C)OC(=O)NCCC(=O)NCc1ccc(-n2cncn2)nc1. The molecule has 2 aromatic heterocycles. The molecule has 0 fully saturated rings. The van der Waals surface area contributed by atoms with Crippen molar-refractivity contribution in [1.82, 2.24) is 30.4 Å². The molecule has 2 heterocycles. The average molecular weight is 346 g/mol. The fourth-order valence-corrected chi connectivity index (χ4v) is 1.86. The molecule has 9 heteroatoms. The largest absolute Gasteiger partial charge is 0.444 e. The second kappa shape index (κ2) is 8.22. The highest BCUT2D eigenvalue weighted by Crippen LogP contribution is 2.06. The van der Waals surface area contributed by atoms with Crippen molar-refractivity contribution in [1.29, 1.82) is 0 Å². The fraction of sp³-hybridized carbons (Fsp3) is 0.438. The topological polar surface area (TPSA) is 111 Å². The molecule has 0 saturated heterocycles. The van der Waals surface area contributed by atoms with Gasteiger partial charge in [0.2, 0.25) is 5.91 Å². The molecular formula is C16H22N6O3. The number of aromatic nitrogens is 4. The van der Waals surface area contributed by atoms with E-state index < -0.39 is 11.7 Å². The summed E-state index contributed by atoms with van der Waals surface area (Å²) >= 11 is 0. The lowest BCUT2D eigenvalue weighted by Gasteiger charge is -2.19. The molecule has 0 atom stereocenters. The molecule has 0 radical (unpaired) electrons. The van der Waals surface area contributed by atoms with Crippen LogP contribution in [0.4, 0.5) is 4.79 Å². The van der Waals surface area contributed by atoms with Gasteiger partial charge in [-0.1, -0.05) is 6.07 Å². The molecule has 2 N–H and O–H groups in total. The second-order valence-electron chi connectivity index (χ2n) is 6.32. The van der Waals surface area contributed by atoms with E-state index in [1.807, 2.05) is 6.07 Å². The lowest BCUT2D eigenvalue weighted by Crippen LogP contribution is -2.35. The van der Waals surface area contributed by atoms with Crippen molar-refractivity contribution >= 4 is 12.0 Å². The molecule has 0 spiro atoms. The molecular weight excluding hydrogens is 324 g/mol. The Bertz CT molecular complexity index is 692. The zero-order valence-electron chi connectivity index (χ0n) is 14.5. The first-order valence-corrected chi connectivity index (χ1v) is 7.87. The summed E-state index contributed by atoms with van der Waals surface area (Å²) in [6.07, 6.45) is 4.29. The predicted molar refractivity (Wildman–Crippen MR) is 89.9 cm³/mol. The van der Waals surface area contributed by atoms with E-state index in [2.05, 4.69) is 25.7 Å². The van der Waals surface area contributed by atoms with Crippen molar-refractivity contribution in [2.24, 2.45) is 0 Å². The van der Waals surface area contributed by atoms with Crippen LogP contribution in [0.15, 0.2) is 31.0 Å². The first-order chi connectivity index (χ1) is 11.8. The summed E-state index contributed by atoms with van der Waals surface area (Å²) in [7, 11) is 0. The third-order valence-electron chi connectivity index (χ3n) is 2.97. The maximum absolute atomic E-state index is 11.8. The summed E-state index contributed by atoms with van der Waals surface area (Å²) in [4.78, 5) is 31.4. The predicted octanol–water partition coefficient (Wildman–Crippen LogP) is 1.19. The number of carbonyl (C=O) groups excluding carboxylic acids is 2. The van der Waals surface area contributed by atoms with Gasteiger partial charge in [0.25, 0.3) is 0 Å². The van der Waals surface area contributed by atoms with Gasteiger partial charge in [-0.05, 0) is 32.4 Å². The third-order valence-corrected chi connectivity index (χ3v) is 2.97. The Kier molecular flexibility index (Phi) is 6.04. The van der Waals surface area contributed by atoms with Crippen molar-refractivity contribution in [3.8, 4) is 5.82 Å². The lowest BCUT2D eigenvalue weighted by molar-refractivity contribution is -0.121. The number of alkyl carbamates (subject to hydrolysis) is 1. The van der Waals surface area contributed by atoms with Crippen LogP contribution in [0.25, 0.3) is 5.82 Å². The maximum Gasteiger partial charge on any atom is 0.407 e. The van der Waals surface area contributed by atoms with Gasteiger partial charge in [0, 0.05) is 25.7 Å². The monoisotopic (exact) mass is 346 g/mol. The first-order valence-electron chi connectivity index (χ1n) is 7.87. The van der Waals surface area contributed by atoms with Crippen molar-refractivity contribution in [3.63, 3.8) is 0 Å². The van der Waals surface area contributed by atoms with Gasteiger partial charge in [-0.15, -0.1) is 0 Å². The van der Waals surface area contributed by atoms with Crippen LogP contribution in [0, 0.1) is 0 Å². The molecule has 0 aromatic carbocycles. The molecule has 0 aliphatic heterocycles. The van der Waals surface area contributed by atoms with Crippen molar-refractivity contribution < 1.29 is 14.3 Å². The highest BCUT2D eigenvalue weighted by molar-refractivity contribution is 5.77. The van der Waals surface area contributed by atoms with E-state index in [-0.39, 0.29) is 18.9 Å². The first kappa shape index (κ1) is 18.4. The number of nitrogens with one attached hydrogen (secondary N) is 2. The van der Waals surface area contributed by atoms with Gasteiger partial charge in [0.15, 0.2) is 5.82 Å². The van der Waals surface area contributed by atoms with Gasteiger partial charge in [0.1, 0.15) is 18.3 Å². The minimum absolute atomic E-state index is 0.170. The standard InChI is InChI=1S/C16H22N6O3/c1-16(2,3)25-15(24)18-7-6-14(23)20-9-12-4-5-13(19-8-12)22-11-17-10-21-22/h4-5,8,10-11H,6-7,9H2,1-3H3,(H,18,24)(H,20,23). The van der Waals surface area contributed by atoms with Crippen LogP contribution in [0.2, 0.25) is 0 Å². The molecule has 134 valence electrons. The van der Waals surface area contributed by atoms with Gasteiger partial charge in [-0.2, -0.15) is 5.10 Å². The summed E-state index contributed by atoms with van der Waals surface area (Å²) in [5.74, 6) is 0.477. The van der Waals surface area contributed by atoms with Crippen LogP contribution in [0.1, 0.15) is 32.8 Å². The van der Waals surface area contributed by atoms with Crippen LogP contribution < -0.4 is 10.6 Å². The number of rotatable bonds is 6. The molecule has 0 saturated carbocycles. The van der Waals surface area contributed by atoms with E-state index in [1.54, 1.807) is 44.0 Å². The molecule has 2 rings (SSSR count). The van der Waals surface area contributed by atoms with E-state index in [0.717, 1.165) is 5.56 Å². The quantitative estimate of drug-likeness (QED) is 0.813. The van der Waals surface area contributed by atoms with Crippen LogP contribution in [-0.2, 0) is 16.1 Å². The number of pyridine rings is 1. The Labute approximate surface area is 145 Å². The Morgan fingerprint density at radius 3 is 2.64 bits per heavy atom. The Balaban J connectivity index is 1.69. The molecule has 0 aliphatic rings. The molecule has 0 unspecified atom stereocenters. The number of hydrogen-bond acceptors (Lipinski definition) is 6. The number of hydrogen-bond donors (Lipinski definition) is 2. The number of amides is 2. The van der Waals surface area contributed by atoms with Crippen molar-refractivity contribution in [3.05, 3.63) is 36.5 Å². The van der Waals surface area contributed by atoms with Gasteiger partial charge >= 0.3 is 6.09 Å². The average Bonchev–Trinajstić information content (AvgIpc) is 3.06. The van der Waals surface area contributed by atoms with Gasteiger partial charge in [-0.25, -0.2) is 19.4 Å². The summed E-state index contributed by atoms with van der Waals surface area (Å²) in [6, 6.07) is 3.64. The second-order valence-corrected chi connectivity index (χ2v) is 6.32. The number of ether oxygens (including phenoxy) is 1. The maximum atomic E-state index is 11.8.